The van der Waals surface area contributed by atoms with Crippen LogP contribution in [-0.4, -0.2) is 253 Å². The summed E-state index contributed by atoms with van der Waals surface area (Å²) in [6.07, 6.45) is -25.5. The zero-order valence-electron chi connectivity index (χ0n) is 49.1. The van der Waals surface area contributed by atoms with Crippen LogP contribution in [0.3, 0.4) is 0 Å². The van der Waals surface area contributed by atoms with Crippen LogP contribution in [0, 0.1) is 13.8 Å². The van der Waals surface area contributed by atoms with Gasteiger partial charge in [0.2, 0.25) is 0 Å². The van der Waals surface area contributed by atoms with Gasteiger partial charge in [-0.3, -0.25) is 46.8 Å². The summed E-state index contributed by atoms with van der Waals surface area (Å²) in [5, 5.41) is 84.9. The highest BCUT2D eigenvalue weighted by Crippen LogP contribution is 2.51. The number of unbranched alkanes of at least 4 members (excludes halogenated alkanes) is 1. The number of aryl methyl sites for hydroxylation is 3. The maximum absolute atomic E-state index is 13.4. The third-order valence-electron chi connectivity index (χ3n) is 16.6. The summed E-state index contributed by atoms with van der Waals surface area (Å²) in [6.45, 7) is 0.200. The van der Waals surface area contributed by atoms with Crippen molar-refractivity contribution < 1.29 is 111 Å². The van der Waals surface area contributed by atoms with E-state index in [0.717, 1.165) is 9.13 Å². The summed E-state index contributed by atoms with van der Waals surface area (Å²) >= 11 is 0. The van der Waals surface area contributed by atoms with Crippen molar-refractivity contribution in [2.45, 2.75) is 212 Å². The molecule has 1 saturated carbocycles. The molecule has 6 fully saturated rings. The molecule has 514 valence electrons. The molecule has 6 aliphatic rings. The summed E-state index contributed by atoms with van der Waals surface area (Å²) in [5.74, 6) is 0. The van der Waals surface area contributed by atoms with E-state index in [1.54, 1.807) is 0 Å². The number of nitrogens with two attached hydrogens (primary N) is 6. The largest absolute Gasteiger partial charge is 0.472 e. The monoisotopic (exact) mass is 1350 g/mol. The fraction of sp³-hybridized carbons (Fsp3) is 0.796. The molecule has 3 aromatic rings. The van der Waals surface area contributed by atoms with Crippen LogP contribution >= 0.6 is 15.6 Å². The van der Waals surface area contributed by atoms with Gasteiger partial charge in [-0.25, -0.2) is 23.4 Å². The highest BCUT2D eigenvalue weighted by atomic mass is 31.2. The Balaban J connectivity index is 0.804. The van der Waals surface area contributed by atoms with Crippen LogP contribution in [-0.2, 0) is 78.1 Å². The average molecular weight is 1350 g/mol. The number of hydrogen-bond acceptors (Lipinski definition) is 33. The van der Waals surface area contributed by atoms with Gasteiger partial charge in [0.1, 0.15) is 97.9 Å². The number of aromatic nitrogens is 7. The quantitative estimate of drug-likeness (QED) is 0.0262. The lowest BCUT2D eigenvalue weighted by molar-refractivity contribution is -0.306. The van der Waals surface area contributed by atoms with Crippen molar-refractivity contribution in [3.05, 3.63) is 77.1 Å². The number of hydrogen-bond donors (Lipinski definition) is 17. The van der Waals surface area contributed by atoms with Crippen LogP contribution in [0.2, 0.25) is 0 Å². The molecule has 27 atom stereocenters. The van der Waals surface area contributed by atoms with Gasteiger partial charge in [0.05, 0.1) is 56.4 Å². The maximum Gasteiger partial charge on any atom is 0.472 e. The van der Waals surface area contributed by atoms with Gasteiger partial charge >= 0.3 is 27.0 Å². The third-order valence-corrected chi connectivity index (χ3v) is 18.6. The van der Waals surface area contributed by atoms with Crippen LogP contribution in [0.15, 0.2) is 37.8 Å². The van der Waals surface area contributed by atoms with Gasteiger partial charge in [0, 0.05) is 67.7 Å². The summed E-state index contributed by atoms with van der Waals surface area (Å²) in [7, 11) is -10.1. The molecule has 23 N–H and O–H groups in total. The van der Waals surface area contributed by atoms with Crippen LogP contribution in [0.1, 0.15) is 61.4 Å². The van der Waals surface area contributed by atoms with Gasteiger partial charge in [-0.1, -0.05) is 5.21 Å². The van der Waals surface area contributed by atoms with Crippen molar-refractivity contribution in [1.82, 2.24) is 34.1 Å². The molecule has 42 heteroatoms. The van der Waals surface area contributed by atoms with Crippen LogP contribution in [0.25, 0.3) is 0 Å². The molecule has 0 amide bonds. The molecule has 8 heterocycles. The molecular weight excluding hydrogens is 1260 g/mol. The van der Waals surface area contributed by atoms with E-state index >= 15 is 0 Å². The Hall–Kier alpha value is -4.12. The fourth-order valence-corrected chi connectivity index (χ4v) is 13.1. The van der Waals surface area contributed by atoms with Crippen molar-refractivity contribution in [3.63, 3.8) is 0 Å². The highest BCUT2D eigenvalue weighted by molar-refractivity contribution is 7.47. The second-order valence-corrected chi connectivity index (χ2v) is 26.1. The van der Waals surface area contributed by atoms with Gasteiger partial charge < -0.3 is 118 Å². The van der Waals surface area contributed by atoms with Crippen molar-refractivity contribution >= 4 is 15.6 Å². The molecule has 0 aromatic carbocycles. The first-order valence-corrected chi connectivity index (χ1v) is 32.2. The number of phosphoric acid groups is 2. The third kappa shape index (κ3) is 16.6. The lowest BCUT2D eigenvalue weighted by atomic mass is 9.84. The molecule has 3 aromatic heterocycles. The lowest BCUT2D eigenvalue weighted by Crippen LogP contribution is -2.68. The molecule has 91 heavy (non-hydrogen) atoms. The molecule has 0 radical (unpaired) electrons. The number of rotatable bonds is 26. The molecule has 5 saturated heterocycles. The number of nitrogens with zero attached hydrogens (tertiary/aromatic N) is 5. The van der Waals surface area contributed by atoms with Crippen molar-refractivity contribution in [2.24, 2.45) is 34.4 Å². The molecular formula is C49H81N13O27P2. The molecule has 0 bridgehead atoms. The number of aromatic amines is 2. The van der Waals surface area contributed by atoms with Gasteiger partial charge in [0.15, 0.2) is 18.9 Å². The molecule has 40 nitrogen and oxygen atoms in total. The van der Waals surface area contributed by atoms with Gasteiger partial charge in [-0.05, 0) is 39.5 Å². The zero-order chi connectivity index (χ0) is 66.1. The van der Waals surface area contributed by atoms with Crippen molar-refractivity contribution in [3.8, 4) is 0 Å². The predicted molar refractivity (Wildman–Crippen MR) is 302 cm³/mol. The maximum atomic E-state index is 13.4. The topological polar surface area (TPSA) is 624 Å². The van der Waals surface area contributed by atoms with E-state index in [1.807, 2.05) is 0 Å². The number of nitrogens with one attached hydrogen (secondary N) is 2. The Morgan fingerprint density at radius 3 is 1.70 bits per heavy atom. The average Bonchev–Trinajstić information content (AvgIpc) is 1.81. The number of phosphoric ester groups is 2. The van der Waals surface area contributed by atoms with E-state index in [4.69, 9.17) is 90.4 Å². The van der Waals surface area contributed by atoms with Gasteiger partial charge in [0.25, 0.3) is 11.1 Å². The molecule has 5 aliphatic heterocycles. The van der Waals surface area contributed by atoms with Gasteiger partial charge in [-0.2, -0.15) is 0 Å². The summed E-state index contributed by atoms with van der Waals surface area (Å²) in [4.78, 5) is 75.2. The number of aliphatic hydroxyl groups is 7. The Morgan fingerprint density at radius 1 is 0.582 bits per heavy atom. The van der Waals surface area contributed by atoms with Crippen LogP contribution in [0.4, 0.5) is 0 Å². The number of H-pyrrole nitrogens is 2. The van der Waals surface area contributed by atoms with Crippen molar-refractivity contribution in [1.29, 1.82) is 0 Å². The van der Waals surface area contributed by atoms with E-state index in [2.05, 4.69) is 20.3 Å². The summed E-state index contributed by atoms with van der Waals surface area (Å²) in [6, 6.07) is -4.66. The van der Waals surface area contributed by atoms with E-state index in [9.17, 15) is 73.8 Å². The first kappa shape index (κ1) is 71.2. The van der Waals surface area contributed by atoms with E-state index in [-0.39, 0.29) is 75.9 Å². The van der Waals surface area contributed by atoms with Gasteiger partial charge in [-0.15, -0.1) is 5.10 Å². The lowest BCUT2D eigenvalue weighted by Gasteiger charge is -2.47. The Bertz CT molecular complexity index is 3270. The van der Waals surface area contributed by atoms with Crippen molar-refractivity contribution in [2.75, 3.05) is 32.9 Å². The Labute approximate surface area is 515 Å². The summed E-state index contributed by atoms with van der Waals surface area (Å²) < 4.78 is 99.2. The molecule has 0 spiro atoms. The van der Waals surface area contributed by atoms with E-state index in [1.165, 1.54) is 37.1 Å². The van der Waals surface area contributed by atoms with Crippen LogP contribution in [0.5, 0.6) is 0 Å². The zero-order valence-corrected chi connectivity index (χ0v) is 50.9. The standard InChI is InChI=1S/C49H81N13O27P2/c1-18-12-61(48(72)56-43(18)70)30-8-23(63)28(81-30)16-80-91(76,77)89-24-9-31(62-13-19(2)44(71)57-49(62)73)82-29(24)17-79-90(74,75)78-6-4-3-5-20-14-60(59-58-20)15-27-41(87-46-33(55)38(68)36(66)26(11-51)84-46)39(69)47(85-27)88-42-34(64)21(52)7-22(53)40(42)86-45-32(54)37(67)35(65)25(10-50)83-45/h12-14,21-42,45-47,63-69H,3-11,15-17,50-55H2,1-2H3,(H,74,75)(H,76,77)(H,56,70,72)(H,57,71,73)/t21-,22+,23+,24+,25-,26+,27-,28-,29-,30-,31-,32-,33-,34+,35-,36-,37-,38-,39-,40-,41-,42-,45-,46-,47+/m1/s1. The SMILES string of the molecule is Cc1cn([C@H]2C[C@H](OP(=O)(O)OC[C@H]3O[C@@H](n4cc(C)c(=O)[nH]c4=O)C[C@@H]3O)[C@@H](COP(=O)(O)OCCCCc3cn(C[C@H]4O[C@@H](O[C@@H]5[C@@H](O)[C@H](N)C[C@H](N)[C@H]5O[C@H]5O[C@H](CN)[C@@H](O)[C@H](O)[C@H]5N)[C@H](O)[C@@H]4O[C@H]4O[C@@H](CN)[C@@H](O)[C@H](O)[C@H]4N)nn3)O2)c(=O)[nH]c1=O. The number of aliphatic hydroxyl groups excluding tert-OH is 7. The Morgan fingerprint density at radius 2 is 1.11 bits per heavy atom. The van der Waals surface area contributed by atoms with Crippen LogP contribution < -0.4 is 56.9 Å². The minimum absolute atomic E-state index is 0.00220. The molecule has 2 unspecified atom stereocenters. The predicted octanol–water partition coefficient (Wildman–Crippen LogP) is -8.98. The first-order valence-electron chi connectivity index (χ1n) is 29.2. The summed E-state index contributed by atoms with van der Waals surface area (Å²) in [5.41, 5.74) is 34.4. The second kappa shape index (κ2) is 29.9. The number of ether oxygens (including phenoxy) is 8. The normalized spacial score (nSPS) is 39.3. The van der Waals surface area contributed by atoms with E-state index in [0.29, 0.717) is 5.69 Å². The molecule has 9 rings (SSSR count). The highest BCUT2D eigenvalue weighted by Gasteiger charge is 2.55. The minimum atomic E-state index is -5.14. The fourth-order valence-electron chi connectivity index (χ4n) is 11.4. The Kier molecular flexibility index (Phi) is 23.4. The second-order valence-electron chi connectivity index (χ2n) is 23.2. The smallest absolute Gasteiger partial charge is 0.390 e. The first-order chi connectivity index (χ1) is 43.0. The molecule has 1 aliphatic carbocycles. The minimum Gasteiger partial charge on any atom is -0.390 e. The van der Waals surface area contributed by atoms with E-state index < -0.39 is 205 Å².